The van der Waals surface area contributed by atoms with Gasteiger partial charge < -0.3 is 15.0 Å². The molecule has 5 rings (SSSR count). The first-order valence-electron chi connectivity index (χ1n) is 13.8. The second kappa shape index (κ2) is 11.7. The van der Waals surface area contributed by atoms with Crippen LogP contribution in [0.25, 0.3) is 11.4 Å². The summed E-state index contributed by atoms with van der Waals surface area (Å²) in [7, 11) is 0. The van der Waals surface area contributed by atoms with E-state index in [0.717, 1.165) is 30.2 Å². The van der Waals surface area contributed by atoms with Crippen LogP contribution >= 0.6 is 0 Å². The van der Waals surface area contributed by atoms with Gasteiger partial charge in [0.05, 0.1) is 18.2 Å². The number of amides is 1. The first kappa shape index (κ1) is 28.3. The maximum absolute atomic E-state index is 14.9. The molecule has 3 aromatic rings. The quantitative estimate of drug-likeness (QED) is 0.427. The fourth-order valence-corrected chi connectivity index (χ4v) is 5.62. The maximum atomic E-state index is 14.9. The topological polar surface area (TPSA) is 72.3 Å². The predicted molar refractivity (Wildman–Crippen MR) is 145 cm³/mol. The molecule has 1 aromatic heterocycles. The van der Waals surface area contributed by atoms with Crippen molar-refractivity contribution in [1.82, 2.24) is 25.0 Å². The van der Waals surface area contributed by atoms with Crippen molar-refractivity contribution in [3.8, 4) is 11.4 Å². The molecule has 214 valence electrons. The van der Waals surface area contributed by atoms with E-state index in [1.807, 2.05) is 51.1 Å². The third kappa shape index (κ3) is 6.07. The Morgan fingerprint density at radius 3 is 2.60 bits per heavy atom. The molecule has 4 atom stereocenters. The number of halogens is 3. The molecule has 3 heterocycles. The van der Waals surface area contributed by atoms with Crippen LogP contribution in [0.5, 0.6) is 0 Å². The molecule has 0 saturated carbocycles. The molecule has 1 unspecified atom stereocenters. The smallest absolute Gasteiger partial charge is 0.252 e. The summed E-state index contributed by atoms with van der Waals surface area (Å²) in [5, 5.41) is 7.72. The molecule has 7 nitrogen and oxygen atoms in total. The lowest BCUT2D eigenvalue weighted by Crippen LogP contribution is -2.49. The lowest BCUT2D eigenvalue weighted by atomic mass is 9.83. The second-order valence-electron chi connectivity index (χ2n) is 11.8. The highest BCUT2D eigenvalue weighted by atomic mass is 19.1. The van der Waals surface area contributed by atoms with Crippen LogP contribution in [0.15, 0.2) is 48.5 Å². The van der Waals surface area contributed by atoms with Crippen molar-refractivity contribution in [3.63, 3.8) is 0 Å². The third-order valence-corrected chi connectivity index (χ3v) is 7.60. The normalized spacial score (nSPS) is 22.0. The molecule has 2 fully saturated rings. The van der Waals surface area contributed by atoms with E-state index in [1.54, 1.807) is 9.58 Å². The molecule has 2 aliphatic heterocycles. The van der Waals surface area contributed by atoms with Gasteiger partial charge in [0.1, 0.15) is 23.9 Å². The molecule has 1 amide bonds. The number of alkyl halides is 1. The number of hydrogen-bond donors (Lipinski definition) is 1. The van der Waals surface area contributed by atoms with Crippen LogP contribution in [-0.4, -0.2) is 64.1 Å². The Hall–Kier alpha value is -3.24. The Morgan fingerprint density at radius 1 is 1.18 bits per heavy atom. The Kier molecular flexibility index (Phi) is 8.28. The van der Waals surface area contributed by atoms with Gasteiger partial charge in [0, 0.05) is 32.2 Å². The Bertz CT molecular complexity index is 1320. The van der Waals surface area contributed by atoms with Gasteiger partial charge in [-0.3, -0.25) is 4.79 Å². The van der Waals surface area contributed by atoms with Crippen LogP contribution in [-0.2, 0) is 16.1 Å². The number of hydrogen-bond acceptors (Lipinski definition) is 5. The van der Waals surface area contributed by atoms with Crippen LogP contribution < -0.4 is 5.32 Å². The lowest BCUT2D eigenvalue weighted by Gasteiger charge is -2.41. The number of nitrogens with zero attached hydrogens (tertiary/aromatic N) is 4. The standard InChI is InChI=1S/C30H36F3N5O2/c1-30(2,3)26(37(18-20-15-34-16-24(20)33)29(39)25-10-7-13-40-25)28-35-27(22-14-21(31)11-12-23(22)32)36-38(28)17-19-8-5-4-6-9-19/h4-6,8-9,11-12,14,20,24-26,34H,7,10,13,15-18H2,1-3H3/t20-,24+,25?,26+/m1/s1. The highest BCUT2D eigenvalue weighted by Crippen LogP contribution is 2.40. The van der Waals surface area contributed by atoms with Gasteiger partial charge in [-0.05, 0) is 42.0 Å². The summed E-state index contributed by atoms with van der Waals surface area (Å²) in [6.45, 7) is 7.59. The van der Waals surface area contributed by atoms with Gasteiger partial charge in [0.2, 0.25) is 0 Å². The molecule has 0 bridgehead atoms. The monoisotopic (exact) mass is 555 g/mol. The minimum Gasteiger partial charge on any atom is -0.368 e. The number of aromatic nitrogens is 3. The summed E-state index contributed by atoms with van der Waals surface area (Å²) < 4.78 is 51.4. The van der Waals surface area contributed by atoms with Crippen LogP contribution in [0, 0.1) is 23.0 Å². The first-order valence-corrected chi connectivity index (χ1v) is 13.8. The Morgan fingerprint density at radius 2 is 1.95 bits per heavy atom. The van der Waals surface area contributed by atoms with Crippen molar-refractivity contribution in [2.45, 2.75) is 58.5 Å². The lowest BCUT2D eigenvalue weighted by molar-refractivity contribution is -0.147. The summed E-state index contributed by atoms with van der Waals surface area (Å²) in [5.74, 6) is -1.44. The van der Waals surface area contributed by atoms with Crippen molar-refractivity contribution in [2.75, 3.05) is 26.2 Å². The summed E-state index contributed by atoms with van der Waals surface area (Å²) in [6.07, 6.45) is -0.360. The van der Waals surface area contributed by atoms with Crippen molar-refractivity contribution in [2.24, 2.45) is 11.3 Å². The minimum absolute atomic E-state index is 0.0209. The van der Waals surface area contributed by atoms with Gasteiger partial charge in [-0.25, -0.2) is 22.8 Å². The van der Waals surface area contributed by atoms with Crippen LogP contribution in [0.2, 0.25) is 0 Å². The highest BCUT2D eigenvalue weighted by molar-refractivity contribution is 5.81. The molecular weight excluding hydrogens is 519 g/mol. The van der Waals surface area contributed by atoms with E-state index in [0.29, 0.717) is 31.9 Å². The molecule has 40 heavy (non-hydrogen) atoms. The van der Waals surface area contributed by atoms with Crippen molar-refractivity contribution >= 4 is 5.91 Å². The molecule has 0 spiro atoms. The first-order chi connectivity index (χ1) is 19.1. The minimum atomic E-state index is -1.10. The molecular formula is C30H36F3N5O2. The molecule has 2 aliphatic rings. The van der Waals surface area contributed by atoms with E-state index in [4.69, 9.17) is 9.72 Å². The fraction of sp³-hybridized carbons (Fsp3) is 0.500. The average molecular weight is 556 g/mol. The molecule has 2 aromatic carbocycles. The van der Waals surface area contributed by atoms with E-state index in [9.17, 15) is 18.0 Å². The van der Waals surface area contributed by atoms with Crippen LogP contribution in [0.3, 0.4) is 0 Å². The van der Waals surface area contributed by atoms with Gasteiger partial charge in [0.25, 0.3) is 5.91 Å². The number of carbonyl (C=O) groups excluding carboxylic acids is 1. The number of nitrogens with one attached hydrogen (secondary N) is 1. The van der Waals surface area contributed by atoms with E-state index in [2.05, 4.69) is 10.4 Å². The molecule has 10 heteroatoms. The predicted octanol–water partition coefficient (Wildman–Crippen LogP) is 4.92. The Labute approximate surface area is 232 Å². The zero-order chi connectivity index (χ0) is 28.4. The average Bonchev–Trinajstić information content (AvgIpc) is 3.67. The van der Waals surface area contributed by atoms with Crippen molar-refractivity contribution in [3.05, 3.63) is 71.6 Å². The molecule has 0 aliphatic carbocycles. The molecule has 0 radical (unpaired) electrons. The fourth-order valence-electron chi connectivity index (χ4n) is 5.62. The maximum Gasteiger partial charge on any atom is 0.252 e. The summed E-state index contributed by atoms with van der Waals surface area (Å²) in [4.78, 5) is 20.5. The summed E-state index contributed by atoms with van der Waals surface area (Å²) >= 11 is 0. The zero-order valence-corrected chi connectivity index (χ0v) is 23.1. The van der Waals surface area contributed by atoms with Gasteiger partial charge in [-0.2, -0.15) is 5.10 Å². The number of benzene rings is 2. The highest BCUT2D eigenvalue weighted by Gasteiger charge is 2.44. The largest absolute Gasteiger partial charge is 0.368 e. The van der Waals surface area contributed by atoms with E-state index < -0.39 is 41.3 Å². The van der Waals surface area contributed by atoms with Gasteiger partial charge in [-0.15, -0.1) is 0 Å². The van der Waals surface area contributed by atoms with Crippen molar-refractivity contribution < 1.29 is 22.7 Å². The summed E-state index contributed by atoms with van der Waals surface area (Å²) in [5.41, 5.74) is 0.278. The second-order valence-corrected chi connectivity index (χ2v) is 11.8. The molecule has 2 saturated heterocycles. The van der Waals surface area contributed by atoms with Gasteiger partial charge >= 0.3 is 0 Å². The SMILES string of the molecule is CC(C)(C)[C@H](c1nc(-c2cc(F)ccc2F)nn1Cc1ccccc1)N(C[C@H]1CNC[C@@H]1F)C(=O)C1CCCO1. The number of ether oxygens (including phenoxy) is 1. The third-order valence-electron chi connectivity index (χ3n) is 7.60. The van der Waals surface area contributed by atoms with E-state index in [-0.39, 0.29) is 30.4 Å². The van der Waals surface area contributed by atoms with Crippen LogP contribution in [0.4, 0.5) is 13.2 Å². The van der Waals surface area contributed by atoms with Crippen LogP contribution in [0.1, 0.15) is 51.0 Å². The van der Waals surface area contributed by atoms with E-state index in [1.165, 1.54) is 0 Å². The Balaban J connectivity index is 1.64. The van der Waals surface area contributed by atoms with Crippen molar-refractivity contribution in [1.29, 1.82) is 0 Å². The van der Waals surface area contributed by atoms with Gasteiger partial charge in [-0.1, -0.05) is 51.1 Å². The summed E-state index contributed by atoms with van der Waals surface area (Å²) in [6, 6.07) is 12.1. The van der Waals surface area contributed by atoms with Gasteiger partial charge in [0.15, 0.2) is 11.6 Å². The molecule has 1 N–H and O–H groups in total. The van der Waals surface area contributed by atoms with E-state index >= 15 is 0 Å². The zero-order valence-electron chi connectivity index (χ0n) is 23.1. The number of rotatable bonds is 8. The number of carbonyl (C=O) groups is 1.